The van der Waals surface area contributed by atoms with Crippen LogP contribution in [0.4, 0.5) is 0 Å². The first-order chi connectivity index (χ1) is 8.59. The molecule has 4 nitrogen and oxygen atoms in total. The van der Waals surface area contributed by atoms with Crippen LogP contribution in [0.3, 0.4) is 0 Å². The number of ether oxygens (including phenoxy) is 1. The maximum atomic E-state index is 9.95. The molecule has 0 saturated carbocycles. The predicted molar refractivity (Wildman–Crippen MR) is 75.0 cm³/mol. The van der Waals surface area contributed by atoms with E-state index in [1.54, 1.807) is 18.2 Å². The average Bonchev–Trinajstić information content (AvgIpc) is 2.35. The molecule has 2 rings (SSSR count). The highest BCUT2D eigenvalue weighted by Gasteiger charge is 2.27. The van der Waals surface area contributed by atoms with Crippen LogP contribution in [0.15, 0.2) is 18.2 Å². The van der Waals surface area contributed by atoms with Gasteiger partial charge in [0.1, 0.15) is 5.75 Å². The van der Waals surface area contributed by atoms with Crippen molar-refractivity contribution < 1.29 is 9.84 Å². The Balaban J connectivity index is 2.34. The largest absolute Gasteiger partial charge is 0.508 e. The van der Waals surface area contributed by atoms with E-state index < -0.39 is 0 Å². The Labute approximate surface area is 116 Å². The minimum Gasteiger partial charge on any atom is -0.508 e. The first-order valence-electron chi connectivity index (χ1n) is 5.69. The number of thiocarbonyl (C=S) groups is 1. The van der Waals surface area contributed by atoms with Crippen LogP contribution in [0.5, 0.6) is 5.75 Å². The standard InChI is InChI=1S/C12H15ClN2O2S/c13-8-1-2-10(16)9(7-8)11(12(14)18)15-3-5-17-6-4-15/h1-2,7,11,16H,3-6H2,(H2,14,18). The summed E-state index contributed by atoms with van der Waals surface area (Å²) in [6.07, 6.45) is 0. The molecule has 1 unspecified atom stereocenters. The van der Waals surface area contributed by atoms with Gasteiger partial charge in [-0.1, -0.05) is 23.8 Å². The smallest absolute Gasteiger partial charge is 0.120 e. The summed E-state index contributed by atoms with van der Waals surface area (Å²) in [4.78, 5) is 2.42. The van der Waals surface area contributed by atoms with Crippen LogP contribution in [-0.2, 0) is 4.74 Å². The molecule has 0 radical (unpaired) electrons. The molecule has 3 N–H and O–H groups in total. The molecule has 1 aliphatic rings. The summed E-state index contributed by atoms with van der Waals surface area (Å²) in [5, 5.41) is 10.5. The van der Waals surface area contributed by atoms with Crippen molar-refractivity contribution in [3.05, 3.63) is 28.8 Å². The summed E-state index contributed by atoms with van der Waals surface area (Å²) < 4.78 is 5.31. The van der Waals surface area contributed by atoms with Gasteiger partial charge in [0, 0.05) is 23.7 Å². The number of halogens is 1. The van der Waals surface area contributed by atoms with Crippen LogP contribution < -0.4 is 5.73 Å². The molecule has 6 heteroatoms. The topological polar surface area (TPSA) is 58.7 Å². The number of hydrogen-bond donors (Lipinski definition) is 2. The first kappa shape index (κ1) is 13.5. The zero-order valence-corrected chi connectivity index (χ0v) is 11.4. The summed E-state index contributed by atoms with van der Waals surface area (Å²) in [7, 11) is 0. The van der Waals surface area contributed by atoms with Crippen molar-refractivity contribution in [3.63, 3.8) is 0 Å². The van der Waals surface area contributed by atoms with Crippen molar-refractivity contribution in [1.82, 2.24) is 4.90 Å². The summed E-state index contributed by atoms with van der Waals surface area (Å²) in [6, 6.07) is 4.60. The molecule has 1 heterocycles. The SMILES string of the molecule is NC(=S)C(c1cc(Cl)ccc1O)N1CCOCC1. The lowest BCUT2D eigenvalue weighted by molar-refractivity contribution is 0.0285. The number of benzene rings is 1. The van der Waals surface area contributed by atoms with Gasteiger partial charge in [-0.15, -0.1) is 0 Å². The van der Waals surface area contributed by atoms with Crippen molar-refractivity contribution >= 4 is 28.8 Å². The fraction of sp³-hybridized carbons (Fsp3) is 0.417. The van der Waals surface area contributed by atoms with Gasteiger partial charge in [-0.2, -0.15) is 0 Å². The number of phenolic OH excluding ortho intramolecular Hbond substituents is 1. The second-order valence-electron chi connectivity index (χ2n) is 4.16. The molecule has 18 heavy (non-hydrogen) atoms. The molecule has 1 atom stereocenters. The van der Waals surface area contributed by atoms with E-state index in [0.29, 0.717) is 28.8 Å². The van der Waals surface area contributed by atoms with Crippen LogP contribution in [0.25, 0.3) is 0 Å². The lowest BCUT2D eigenvalue weighted by Gasteiger charge is -2.34. The average molecular weight is 287 g/mol. The molecule has 0 amide bonds. The van der Waals surface area contributed by atoms with Crippen molar-refractivity contribution in [2.75, 3.05) is 26.3 Å². The van der Waals surface area contributed by atoms with Gasteiger partial charge in [0.2, 0.25) is 0 Å². The van der Waals surface area contributed by atoms with Crippen molar-refractivity contribution in [2.24, 2.45) is 5.73 Å². The molecule has 0 bridgehead atoms. The second kappa shape index (κ2) is 5.84. The van der Waals surface area contributed by atoms with E-state index in [1.165, 1.54) is 0 Å². The Morgan fingerprint density at radius 3 is 2.72 bits per heavy atom. The molecular weight excluding hydrogens is 272 g/mol. The van der Waals surface area contributed by atoms with E-state index in [1.807, 2.05) is 0 Å². The summed E-state index contributed by atoms with van der Waals surface area (Å²) in [6.45, 7) is 2.74. The highest BCUT2D eigenvalue weighted by molar-refractivity contribution is 7.80. The van der Waals surface area contributed by atoms with Crippen molar-refractivity contribution in [1.29, 1.82) is 0 Å². The molecule has 1 aromatic carbocycles. The van der Waals surface area contributed by atoms with E-state index in [2.05, 4.69) is 4.90 Å². The highest BCUT2D eigenvalue weighted by Crippen LogP contribution is 2.31. The van der Waals surface area contributed by atoms with E-state index in [4.69, 9.17) is 34.3 Å². The third kappa shape index (κ3) is 2.92. The van der Waals surface area contributed by atoms with Gasteiger partial charge in [0.15, 0.2) is 0 Å². The van der Waals surface area contributed by atoms with Crippen molar-refractivity contribution in [3.8, 4) is 5.75 Å². The van der Waals surface area contributed by atoms with Gasteiger partial charge in [0.25, 0.3) is 0 Å². The fourth-order valence-electron chi connectivity index (χ4n) is 2.11. The van der Waals surface area contributed by atoms with Crippen LogP contribution >= 0.6 is 23.8 Å². The number of morpholine rings is 1. The highest BCUT2D eigenvalue weighted by atomic mass is 35.5. The zero-order chi connectivity index (χ0) is 13.1. The van der Waals surface area contributed by atoms with E-state index >= 15 is 0 Å². The van der Waals surface area contributed by atoms with Gasteiger partial charge in [0.05, 0.1) is 24.2 Å². The number of nitrogens with two attached hydrogens (primary N) is 1. The Hall–Kier alpha value is -0.880. The van der Waals surface area contributed by atoms with Gasteiger partial charge in [-0.05, 0) is 18.2 Å². The molecule has 1 aliphatic heterocycles. The lowest BCUT2D eigenvalue weighted by Crippen LogP contribution is -2.43. The molecule has 0 spiro atoms. The maximum absolute atomic E-state index is 9.95. The van der Waals surface area contributed by atoms with E-state index in [9.17, 15) is 5.11 Å². The lowest BCUT2D eigenvalue weighted by atomic mass is 10.0. The van der Waals surface area contributed by atoms with Crippen LogP contribution in [0, 0.1) is 0 Å². The van der Waals surface area contributed by atoms with Gasteiger partial charge in [-0.25, -0.2) is 0 Å². The third-order valence-corrected chi connectivity index (χ3v) is 3.42. The van der Waals surface area contributed by atoms with Crippen LogP contribution in [0.2, 0.25) is 5.02 Å². The molecule has 1 saturated heterocycles. The number of nitrogens with zero attached hydrogens (tertiary/aromatic N) is 1. The monoisotopic (exact) mass is 286 g/mol. The molecule has 1 fully saturated rings. The molecular formula is C12H15ClN2O2S. The van der Waals surface area contributed by atoms with E-state index in [-0.39, 0.29) is 11.8 Å². The number of rotatable bonds is 3. The molecule has 98 valence electrons. The number of aromatic hydroxyl groups is 1. The number of phenols is 1. The second-order valence-corrected chi connectivity index (χ2v) is 5.06. The number of hydrogen-bond acceptors (Lipinski definition) is 4. The Morgan fingerprint density at radius 2 is 2.11 bits per heavy atom. The third-order valence-electron chi connectivity index (χ3n) is 2.96. The van der Waals surface area contributed by atoms with Crippen molar-refractivity contribution in [2.45, 2.75) is 6.04 Å². The Kier molecular flexibility index (Phi) is 4.40. The summed E-state index contributed by atoms with van der Waals surface area (Å²) in [5.74, 6) is 0.156. The summed E-state index contributed by atoms with van der Waals surface area (Å²) in [5.41, 5.74) is 6.46. The zero-order valence-electron chi connectivity index (χ0n) is 9.80. The minimum absolute atomic E-state index is 0.156. The van der Waals surface area contributed by atoms with E-state index in [0.717, 1.165) is 13.1 Å². The summed E-state index contributed by atoms with van der Waals surface area (Å²) >= 11 is 11.1. The molecule has 0 aromatic heterocycles. The van der Waals surface area contributed by atoms with Crippen LogP contribution in [0.1, 0.15) is 11.6 Å². The maximum Gasteiger partial charge on any atom is 0.120 e. The van der Waals surface area contributed by atoms with Gasteiger partial charge in [-0.3, -0.25) is 4.90 Å². The fourth-order valence-corrected chi connectivity index (χ4v) is 2.57. The Bertz CT molecular complexity index is 450. The quantitative estimate of drug-likeness (QED) is 0.829. The first-order valence-corrected chi connectivity index (χ1v) is 6.47. The Morgan fingerprint density at radius 1 is 1.44 bits per heavy atom. The minimum atomic E-state index is -0.303. The predicted octanol–water partition coefficient (Wildman–Crippen LogP) is 1.71. The normalized spacial score (nSPS) is 18.5. The van der Waals surface area contributed by atoms with Gasteiger partial charge >= 0.3 is 0 Å². The van der Waals surface area contributed by atoms with Crippen LogP contribution in [-0.4, -0.2) is 41.3 Å². The molecule has 0 aliphatic carbocycles. The molecule has 1 aromatic rings. The van der Waals surface area contributed by atoms with Gasteiger partial charge < -0.3 is 15.6 Å².